The molecule has 0 unspecified atom stereocenters. The van der Waals surface area contributed by atoms with Crippen molar-refractivity contribution in [2.24, 2.45) is 5.92 Å². The van der Waals surface area contributed by atoms with E-state index in [1.807, 2.05) is 29.4 Å². The van der Waals surface area contributed by atoms with Crippen molar-refractivity contribution >= 4 is 5.91 Å². The number of pyridine rings is 1. The number of imidazole rings is 1. The van der Waals surface area contributed by atoms with Crippen LogP contribution in [0.2, 0.25) is 0 Å². The Balaban J connectivity index is 1.41. The molecule has 2 aliphatic rings. The van der Waals surface area contributed by atoms with Crippen molar-refractivity contribution in [3.05, 3.63) is 47.8 Å². The summed E-state index contributed by atoms with van der Waals surface area (Å²) in [7, 11) is 0. The Bertz CT molecular complexity index is 724. The van der Waals surface area contributed by atoms with Crippen LogP contribution >= 0.6 is 0 Å². The van der Waals surface area contributed by atoms with Crippen LogP contribution in [0.4, 0.5) is 0 Å². The Morgan fingerprint density at radius 1 is 1.29 bits per heavy atom. The van der Waals surface area contributed by atoms with Gasteiger partial charge in [-0.1, -0.05) is 6.07 Å². The van der Waals surface area contributed by atoms with Gasteiger partial charge < -0.3 is 14.2 Å². The number of aromatic nitrogens is 3. The van der Waals surface area contributed by atoms with Gasteiger partial charge in [0.15, 0.2) is 0 Å². The number of hydrogen-bond acceptors (Lipinski definition) is 4. The molecule has 1 fully saturated rings. The second kappa shape index (κ2) is 6.36. The molecule has 1 amide bonds. The van der Waals surface area contributed by atoms with Gasteiger partial charge in [-0.25, -0.2) is 4.98 Å². The highest BCUT2D eigenvalue weighted by Crippen LogP contribution is 2.35. The minimum atomic E-state index is 0.0407. The van der Waals surface area contributed by atoms with Crippen molar-refractivity contribution in [3.8, 4) is 0 Å². The van der Waals surface area contributed by atoms with Gasteiger partial charge in [0.2, 0.25) is 5.91 Å². The molecule has 1 aliphatic heterocycles. The average Bonchev–Trinajstić information content (AvgIpc) is 3.37. The molecule has 2 aromatic heterocycles. The standard InChI is InChI=1S/C18H22N4O2/c1-13-17-20-10-16(12-24-11-14-3-2-6-19-9-14)22(17)8-7-21(13)18(23)15-4-5-15/h2-3,6,9-10,13,15H,4-5,7-8,11-12H2,1H3/t13-/m1/s1. The van der Waals surface area contributed by atoms with Crippen molar-refractivity contribution in [3.63, 3.8) is 0 Å². The third-order valence-corrected chi connectivity index (χ3v) is 4.83. The molecule has 2 aromatic rings. The first-order chi connectivity index (χ1) is 11.7. The quantitative estimate of drug-likeness (QED) is 0.846. The summed E-state index contributed by atoms with van der Waals surface area (Å²) in [5, 5.41) is 0. The van der Waals surface area contributed by atoms with Crippen LogP contribution in [0.5, 0.6) is 0 Å². The van der Waals surface area contributed by atoms with Crippen LogP contribution in [-0.4, -0.2) is 31.9 Å². The molecule has 0 radical (unpaired) electrons. The minimum Gasteiger partial charge on any atom is -0.370 e. The smallest absolute Gasteiger partial charge is 0.226 e. The lowest BCUT2D eigenvalue weighted by atomic mass is 10.2. The SMILES string of the molecule is C[C@@H]1c2ncc(COCc3cccnc3)n2CCN1C(=O)C1CC1. The van der Waals surface area contributed by atoms with E-state index in [9.17, 15) is 4.79 Å². The highest BCUT2D eigenvalue weighted by Gasteiger charge is 2.38. The summed E-state index contributed by atoms with van der Waals surface area (Å²) in [4.78, 5) is 23.0. The average molecular weight is 326 g/mol. The minimum absolute atomic E-state index is 0.0407. The van der Waals surface area contributed by atoms with E-state index in [2.05, 4.69) is 21.5 Å². The van der Waals surface area contributed by atoms with Crippen molar-refractivity contribution in [2.45, 2.75) is 45.6 Å². The number of fused-ring (bicyclic) bond motifs is 1. The van der Waals surface area contributed by atoms with Crippen LogP contribution in [0, 0.1) is 5.92 Å². The predicted molar refractivity (Wildman–Crippen MR) is 87.8 cm³/mol. The maximum atomic E-state index is 12.4. The normalized spacial score (nSPS) is 20.0. The molecule has 6 nitrogen and oxygen atoms in total. The van der Waals surface area contributed by atoms with E-state index in [0.717, 1.165) is 43.0 Å². The van der Waals surface area contributed by atoms with Gasteiger partial charge in [-0.05, 0) is 31.4 Å². The summed E-state index contributed by atoms with van der Waals surface area (Å²) in [6.07, 6.45) is 7.54. The van der Waals surface area contributed by atoms with Gasteiger partial charge in [-0.3, -0.25) is 9.78 Å². The topological polar surface area (TPSA) is 60.3 Å². The number of hydrogen-bond donors (Lipinski definition) is 0. The molecule has 0 spiro atoms. The molecule has 3 heterocycles. The summed E-state index contributed by atoms with van der Waals surface area (Å²) >= 11 is 0. The van der Waals surface area contributed by atoms with Crippen LogP contribution < -0.4 is 0 Å². The van der Waals surface area contributed by atoms with Crippen LogP contribution in [-0.2, 0) is 29.3 Å². The van der Waals surface area contributed by atoms with E-state index in [1.54, 1.807) is 6.20 Å². The molecular weight excluding hydrogens is 304 g/mol. The van der Waals surface area contributed by atoms with Crippen LogP contribution in [0.15, 0.2) is 30.7 Å². The molecule has 0 aromatic carbocycles. The van der Waals surface area contributed by atoms with E-state index >= 15 is 0 Å². The van der Waals surface area contributed by atoms with E-state index in [1.165, 1.54) is 0 Å². The lowest BCUT2D eigenvalue weighted by Gasteiger charge is -2.34. The Morgan fingerprint density at radius 3 is 2.92 bits per heavy atom. The van der Waals surface area contributed by atoms with E-state index in [4.69, 9.17) is 4.74 Å². The number of carbonyl (C=O) groups excluding carboxylic acids is 1. The van der Waals surface area contributed by atoms with Crippen molar-refractivity contribution < 1.29 is 9.53 Å². The zero-order valence-corrected chi connectivity index (χ0v) is 13.9. The molecule has 6 heteroatoms. The zero-order valence-electron chi connectivity index (χ0n) is 13.9. The fraction of sp³-hybridized carbons (Fsp3) is 0.500. The molecule has 1 saturated carbocycles. The highest BCUT2D eigenvalue weighted by atomic mass is 16.5. The maximum Gasteiger partial charge on any atom is 0.226 e. The van der Waals surface area contributed by atoms with Crippen LogP contribution in [0.3, 0.4) is 0 Å². The summed E-state index contributed by atoms with van der Waals surface area (Å²) in [6, 6.07) is 3.95. The summed E-state index contributed by atoms with van der Waals surface area (Å²) < 4.78 is 8.01. The zero-order chi connectivity index (χ0) is 16.5. The fourth-order valence-corrected chi connectivity index (χ4v) is 3.30. The van der Waals surface area contributed by atoms with Gasteiger partial charge in [-0.2, -0.15) is 0 Å². The number of nitrogens with zero attached hydrogens (tertiary/aromatic N) is 4. The van der Waals surface area contributed by atoms with Crippen molar-refractivity contribution in [2.75, 3.05) is 6.54 Å². The Kier molecular flexibility index (Phi) is 4.06. The second-order valence-electron chi connectivity index (χ2n) is 6.60. The number of rotatable bonds is 5. The Hall–Kier alpha value is -2.21. The first-order valence-electron chi connectivity index (χ1n) is 8.55. The van der Waals surface area contributed by atoms with Gasteiger partial charge in [-0.15, -0.1) is 0 Å². The predicted octanol–water partition coefficient (Wildman–Crippen LogP) is 2.31. The summed E-state index contributed by atoms with van der Waals surface area (Å²) in [5.74, 6) is 1.53. The molecule has 1 atom stereocenters. The number of amides is 1. The number of ether oxygens (including phenoxy) is 1. The third-order valence-electron chi connectivity index (χ3n) is 4.83. The van der Waals surface area contributed by atoms with Crippen molar-refractivity contribution in [1.82, 2.24) is 19.4 Å². The monoisotopic (exact) mass is 326 g/mol. The summed E-state index contributed by atoms with van der Waals surface area (Å²) in [5.41, 5.74) is 2.13. The van der Waals surface area contributed by atoms with Gasteiger partial charge >= 0.3 is 0 Å². The first-order valence-corrected chi connectivity index (χ1v) is 8.55. The molecular formula is C18H22N4O2. The largest absolute Gasteiger partial charge is 0.370 e. The Labute approximate surface area is 141 Å². The van der Waals surface area contributed by atoms with Crippen molar-refractivity contribution in [1.29, 1.82) is 0 Å². The molecule has 0 bridgehead atoms. The molecule has 24 heavy (non-hydrogen) atoms. The van der Waals surface area contributed by atoms with Crippen LogP contribution in [0.25, 0.3) is 0 Å². The first kappa shape index (κ1) is 15.3. The number of carbonyl (C=O) groups is 1. The lowest BCUT2D eigenvalue weighted by Crippen LogP contribution is -2.42. The fourth-order valence-electron chi connectivity index (χ4n) is 3.30. The third kappa shape index (κ3) is 2.94. The van der Waals surface area contributed by atoms with Gasteiger partial charge in [0.25, 0.3) is 0 Å². The Morgan fingerprint density at radius 2 is 2.17 bits per heavy atom. The molecule has 4 rings (SSSR count). The van der Waals surface area contributed by atoms with Gasteiger partial charge in [0, 0.05) is 31.4 Å². The molecule has 0 saturated heterocycles. The van der Waals surface area contributed by atoms with Gasteiger partial charge in [0.05, 0.1) is 31.1 Å². The molecule has 1 aliphatic carbocycles. The van der Waals surface area contributed by atoms with E-state index in [-0.39, 0.29) is 12.0 Å². The summed E-state index contributed by atoms with van der Waals surface area (Å²) in [6.45, 7) is 4.68. The van der Waals surface area contributed by atoms with Gasteiger partial charge in [0.1, 0.15) is 5.82 Å². The highest BCUT2D eigenvalue weighted by molar-refractivity contribution is 5.81. The maximum absolute atomic E-state index is 12.4. The van der Waals surface area contributed by atoms with E-state index in [0.29, 0.717) is 19.1 Å². The van der Waals surface area contributed by atoms with E-state index < -0.39 is 0 Å². The lowest BCUT2D eigenvalue weighted by molar-refractivity contribution is -0.135. The molecule has 0 N–H and O–H groups in total. The molecule has 126 valence electrons. The second-order valence-corrected chi connectivity index (χ2v) is 6.60. The van der Waals surface area contributed by atoms with Crippen LogP contribution in [0.1, 0.15) is 42.9 Å².